The van der Waals surface area contributed by atoms with Gasteiger partial charge in [-0.25, -0.2) is 0 Å². The Hall–Kier alpha value is -0.380. The first-order chi connectivity index (χ1) is 6.34. The van der Waals surface area contributed by atoms with Crippen LogP contribution < -0.4 is 0 Å². The zero-order chi connectivity index (χ0) is 10.9. The number of rotatable bonds is 2. The van der Waals surface area contributed by atoms with Crippen LogP contribution in [0.25, 0.3) is 0 Å². The van der Waals surface area contributed by atoms with Gasteiger partial charge in [0, 0.05) is 0 Å². The van der Waals surface area contributed by atoms with Gasteiger partial charge in [0.2, 0.25) is 5.78 Å². The van der Waals surface area contributed by atoms with Gasteiger partial charge in [-0.15, -0.1) is 11.3 Å². The van der Waals surface area contributed by atoms with E-state index in [1.54, 1.807) is 11.4 Å². The number of hydrogen-bond acceptors (Lipinski definition) is 3. The van der Waals surface area contributed by atoms with Gasteiger partial charge in [-0.05, 0) is 16.9 Å². The highest BCUT2D eigenvalue weighted by atomic mass is 35.5. The third-order valence-corrected chi connectivity index (χ3v) is 3.27. The van der Waals surface area contributed by atoms with E-state index in [0.29, 0.717) is 9.90 Å². The molecule has 0 aliphatic rings. The van der Waals surface area contributed by atoms with Gasteiger partial charge in [0.05, 0.1) is 9.90 Å². The summed E-state index contributed by atoms with van der Waals surface area (Å²) in [5.74, 6) is -0.294. The van der Waals surface area contributed by atoms with Crippen LogP contribution >= 0.6 is 22.9 Å². The Kier molecular flexibility index (Phi) is 3.35. The van der Waals surface area contributed by atoms with Crippen molar-refractivity contribution in [3.63, 3.8) is 0 Å². The van der Waals surface area contributed by atoms with Crippen molar-refractivity contribution in [3.8, 4) is 0 Å². The number of aliphatic hydroxyl groups excluding tert-OH is 1. The fourth-order valence-electron chi connectivity index (χ4n) is 0.987. The second kappa shape index (κ2) is 4.01. The minimum absolute atomic E-state index is 0.294. The summed E-state index contributed by atoms with van der Waals surface area (Å²) in [7, 11) is 0. The molecular weight excluding hydrogens is 220 g/mol. The third kappa shape index (κ3) is 2.35. The molecule has 0 saturated carbocycles. The van der Waals surface area contributed by atoms with Crippen LogP contribution in [0.5, 0.6) is 0 Å². The van der Waals surface area contributed by atoms with Crippen LogP contribution in [0.3, 0.4) is 0 Å². The van der Waals surface area contributed by atoms with E-state index in [4.69, 9.17) is 11.6 Å². The first-order valence-corrected chi connectivity index (χ1v) is 5.55. The SMILES string of the molecule is CC(C)(C)C(O)C(=O)c1sccc1Cl. The second-order valence-corrected chi connectivity index (χ2v) is 5.55. The number of carbonyl (C=O) groups is 1. The van der Waals surface area contributed by atoms with E-state index >= 15 is 0 Å². The van der Waals surface area contributed by atoms with Gasteiger partial charge in [-0.3, -0.25) is 4.79 Å². The molecule has 0 saturated heterocycles. The van der Waals surface area contributed by atoms with Gasteiger partial charge < -0.3 is 5.11 Å². The lowest BCUT2D eigenvalue weighted by atomic mass is 9.86. The Morgan fingerprint density at radius 3 is 2.50 bits per heavy atom. The first-order valence-electron chi connectivity index (χ1n) is 4.29. The normalized spacial score (nSPS) is 14.1. The van der Waals surface area contributed by atoms with Crippen molar-refractivity contribution in [1.82, 2.24) is 0 Å². The molecule has 14 heavy (non-hydrogen) atoms. The van der Waals surface area contributed by atoms with Gasteiger partial charge in [0.1, 0.15) is 6.10 Å². The van der Waals surface area contributed by atoms with Crippen molar-refractivity contribution in [3.05, 3.63) is 21.3 Å². The smallest absolute Gasteiger partial charge is 0.203 e. The molecule has 0 amide bonds. The highest BCUT2D eigenvalue weighted by Gasteiger charge is 2.31. The van der Waals surface area contributed by atoms with Gasteiger partial charge in [0.15, 0.2) is 0 Å². The molecular formula is C10H13ClO2S. The zero-order valence-electron chi connectivity index (χ0n) is 8.37. The van der Waals surface area contributed by atoms with E-state index in [1.165, 1.54) is 11.3 Å². The number of Topliss-reactive ketones (excluding diaryl/α,β-unsaturated/α-hetero) is 1. The maximum atomic E-state index is 11.7. The van der Waals surface area contributed by atoms with Crippen LogP contribution in [0.2, 0.25) is 5.02 Å². The van der Waals surface area contributed by atoms with E-state index in [0.717, 1.165) is 0 Å². The average molecular weight is 233 g/mol. The average Bonchev–Trinajstić information content (AvgIpc) is 2.47. The lowest BCUT2D eigenvalue weighted by Gasteiger charge is -2.23. The maximum absolute atomic E-state index is 11.7. The number of ketones is 1. The van der Waals surface area contributed by atoms with Crippen LogP contribution in [0, 0.1) is 5.41 Å². The van der Waals surface area contributed by atoms with Crippen molar-refractivity contribution in [2.45, 2.75) is 26.9 Å². The summed E-state index contributed by atoms with van der Waals surface area (Å²) in [6.07, 6.45) is -1.00. The van der Waals surface area contributed by atoms with Crippen molar-refractivity contribution < 1.29 is 9.90 Å². The molecule has 1 N–H and O–H groups in total. The van der Waals surface area contributed by atoms with Crippen molar-refractivity contribution in [1.29, 1.82) is 0 Å². The topological polar surface area (TPSA) is 37.3 Å². The molecule has 0 aromatic carbocycles. The number of carbonyl (C=O) groups excluding carboxylic acids is 1. The fourth-order valence-corrected chi connectivity index (χ4v) is 2.10. The molecule has 4 heteroatoms. The van der Waals surface area contributed by atoms with Crippen LogP contribution in [0.1, 0.15) is 30.4 Å². The Morgan fingerprint density at radius 2 is 2.14 bits per heavy atom. The van der Waals surface area contributed by atoms with E-state index < -0.39 is 11.5 Å². The summed E-state index contributed by atoms with van der Waals surface area (Å²) in [5, 5.41) is 11.9. The lowest BCUT2D eigenvalue weighted by molar-refractivity contribution is 0.0447. The molecule has 0 radical (unpaired) electrons. The summed E-state index contributed by atoms with van der Waals surface area (Å²) < 4.78 is 0. The largest absolute Gasteiger partial charge is 0.384 e. The number of thiophene rings is 1. The molecule has 1 heterocycles. The molecule has 0 spiro atoms. The maximum Gasteiger partial charge on any atom is 0.203 e. The summed E-state index contributed by atoms with van der Waals surface area (Å²) in [4.78, 5) is 12.2. The van der Waals surface area contributed by atoms with Crippen molar-refractivity contribution >= 4 is 28.7 Å². The first kappa shape index (κ1) is 11.7. The molecule has 1 rings (SSSR count). The van der Waals surface area contributed by atoms with Crippen LogP contribution in [0.15, 0.2) is 11.4 Å². The predicted octanol–water partition coefficient (Wildman–Crippen LogP) is 2.99. The van der Waals surface area contributed by atoms with Crippen LogP contribution in [-0.2, 0) is 0 Å². The molecule has 0 fully saturated rings. The number of halogens is 1. The van der Waals surface area contributed by atoms with E-state index in [1.807, 2.05) is 20.8 Å². The predicted molar refractivity (Wildman–Crippen MR) is 59.1 cm³/mol. The molecule has 1 aromatic heterocycles. The van der Waals surface area contributed by atoms with Crippen molar-refractivity contribution in [2.24, 2.45) is 5.41 Å². The molecule has 1 atom stereocenters. The van der Waals surface area contributed by atoms with Gasteiger partial charge >= 0.3 is 0 Å². The van der Waals surface area contributed by atoms with E-state index in [2.05, 4.69) is 0 Å². The Labute approximate surface area is 92.5 Å². The minimum Gasteiger partial charge on any atom is -0.384 e. The highest BCUT2D eigenvalue weighted by Crippen LogP contribution is 2.28. The number of hydrogen-bond donors (Lipinski definition) is 1. The number of aliphatic hydroxyl groups is 1. The quantitative estimate of drug-likeness (QED) is 0.796. The minimum atomic E-state index is -1.00. The molecule has 0 aliphatic heterocycles. The van der Waals surface area contributed by atoms with Crippen LogP contribution in [-0.4, -0.2) is 17.0 Å². The van der Waals surface area contributed by atoms with Gasteiger partial charge in [0.25, 0.3) is 0 Å². The monoisotopic (exact) mass is 232 g/mol. The molecule has 1 aromatic rings. The molecule has 78 valence electrons. The van der Waals surface area contributed by atoms with Gasteiger partial charge in [-0.2, -0.15) is 0 Å². The van der Waals surface area contributed by atoms with E-state index in [-0.39, 0.29) is 5.78 Å². The highest BCUT2D eigenvalue weighted by molar-refractivity contribution is 7.12. The molecule has 0 bridgehead atoms. The van der Waals surface area contributed by atoms with Crippen molar-refractivity contribution in [2.75, 3.05) is 0 Å². The summed E-state index contributed by atoms with van der Waals surface area (Å²) in [6.45, 7) is 5.45. The summed E-state index contributed by atoms with van der Waals surface area (Å²) in [5.41, 5.74) is -0.454. The van der Waals surface area contributed by atoms with E-state index in [9.17, 15) is 9.90 Å². The zero-order valence-corrected chi connectivity index (χ0v) is 9.95. The standard InChI is InChI=1S/C10H13ClO2S/c1-10(2,3)9(13)7(12)8-6(11)4-5-14-8/h4-5,9,13H,1-3H3. The van der Waals surface area contributed by atoms with Crippen LogP contribution in [0.4, 0.5) is 0 Å². The molecule has 2 nitrogen and oxygen atoms in total. The summed E-state index contributed by atoms with van der Waals surface area (Å²) >= 11 is 7.07. The second-order valence-electron chi connectivity index (χ2n) is 4.23. The summed E-state index contributed by atoms with van der Waals surface area (Å²) in [6, 6.07) is 1.66. The Balaban J connectivity index is 2.92. The lowest BCUT2D eigenvalue weighted by Crippen LogP contribution is -2.33. The third-order valence-electron chi connectivity index (χ3n) is 1.91. The Bertz CT molecular complexity index is 338. The van der Waals surface area contributed by atoms with Gasteiger partial charge in [-0.1, -0.05) is 32.4 Å². The molecule has 1 unspecified atom stereocenters. The fraction of sp³-hybridized carbons (Fsp3) is 0.500. The molecule has 0 aliphatic carbocycles. The Morgan fingerprint density at radius 1 is 1.57 bits per heavy atom.